The van der Waals surface area contributed by atoms with E-state index in [4.69, 9.17) is 64.1 Å². The summed E-state index contributed by atoms with van der Waals surface area (Å²) in [5.41, 5.74) is 12.3. The topological polar surface area (TPSA) is 350 Å². The van der Waals surface area contributed by atoms with Gasteiger partial charge in [-0.1, -0.05) is 81.0 Å². The molecule has 12 aromatic rings. The molecule has 0 aliphatic carbocycles. The normalized spacial score (nSPS) is 16.5. The van der Waals surface area contributed by atoms with Crippen LogP contribution in [0.1, 0.15) is 147 Å². The van der Waals surface area contributed by atoms with Crippen molar-refractivity contribution in [3.63, 3.8) is 0 Å². The summed E-state index contributed by atoms with van der Waals surface area (Å²) in [5.74, 6) is 2.79. The molecule has 14 heterocycles. The van der Waals surface area contributed by atoms with E-state index in [1.165, 1.54) is 18.8 Å². The molecule has 4 aromatic carbocycles. The quantitative estimate of drug-likeness (QED) is 0.0233. The Morgan fingerprint density at radius 2 is 0.722 bits per heavy atom. The first-order valence-electron chi connectivity index (χ1n) is 44.0. The van der Waals surface area contributed by atoms with Crippen LogP contribution in [-0.2, 0) is 19.2 Å². The monoisotopic (exact) mass is 1870 g/mol. The second-order valence-corrected chi connectivity index (χ2v) is 34.0. The molecule has 8 amide bonds. The van der Waals surface area contributed by atoms with Gasteiger partial charge in [0.2, 0.25) is 0 Å². The Bertz CT molecular complexity index is 6330. The van der Waals surface area contributed by atoms with Crippen LogP contribution < -0.4 is 42.5 Å². The molecule has 2 saturated heterocycles. The lowest BCUT2D eigenvalue weighted by Crippen LogP contribution is -2.46. The van der Waals surface area contributed by atoms with Crippen molar-refractivity contribution < 1.29 is 56.0 Å². The summed E-state index contributed by atoms with van der Waals surface area (Å²) < 4.78 is 23.8. The zero-order valence-electron chi connectivity index (χ0n) is 73.9. The predicted molar refractivity (Wildman–Crippen MR) is 520 cm³/mol. The average Bonchev–Trinajstić information content (AvgIpc) is 1.67. The smallest absolute Gasteiger partial charge is 0.256 e. The predicted octanol–water partition coefficient (Wildman–Crippen LogP) is 18.1. The van der Waals surface area contributed by atoms with Crippen LogP contribution in [0.4, 0.5) is 22.7 Å². The van der Waals surface area contributed by atoms with Crippen molar-refractivity contribution in [1.82, 2.24) is 60.8 Å². The zero-order valence-corrected chi connectivity index (χ0v) is 77.0. The first-order chi connectivity index (χ1) is 64.4. The third-order valence-electron chi connectivity index (χ3n) is 23.4. The van der Waals surface area contributed by atoms with Crippen LogP contribution in [0.25, 0.3) is 91.9 Å². The van der Waals surface area contributed by atoms with Crippen LogP contribution in [0.2, 0.25) is 20.1 Å². The third-order valence-corrected chi connectivity index (χ3v) is 24.4. The third kappa shape index (κ3) is 23.4. The number of aromatic nitrogens is 4. The Morgan fingerprint density at radius 3 is 1.04 bits per heavy atom. The van der Waals surface area contributed by atoms with Crippen LogP contribution in [0.3, 0.4) is 0 Å². The van der Waals surface area contributed by atoms with E-state index in [0.717, 1.165) is 118 Å². The maximum absolute atomic E-state index is 12.8. The van der Waals surface area contributed by atoms with Gasteiger partial charge in [-0.2, -0.15) is 0 Å². The number of rotatable bonds is 26. The van der Waals surface area contributed by atoms with E-state index in [2.05, 4.69) is 124 Å². The van der Waals surface area contributed by atoms with Crippen molar-refractivity contribution in [1.29, 1.82) is 0 Å². The molecule has 0 bridgehead atoms. The lowest BCUT2D eigenvalue weighted by molar-refractivity contribution is -0.111. The minimum atomic E-state index is -0.213. The molecule has 8 aromatic heterocycles. The largest absolute Gasteiger partial charge is 0.457 e. The number of carbonyl (C=O) groups excluding carboxylic acids is 8. The number of furan rings is 4. The Kier molecular flexibility index (Phi) is 30.8. The first kappa shape index (κ1) is 94.0. The molecule has 2 fully saturated rings. The summed E-state index contributed by atoms with van der Waals surface area (Å²) in [6, 6.07) is 42.8. The molecule has 0 radical (unpaired) electrons. The van der Waals surface area contributed by atoms with Crippen LogP contribution in [0.15, 0.2) is 213 Å². The number of benzene rings is 4. The van der Waals surface area contributed by atoms with E-state index in [9.17, 15) is 38.4 Å². The maximum atomic E-state index is 12.8. The van der Waals surface area contributed by atoms with E-state index in [1.54, 1.807) is 207 Å². The molecule has 18 rings (SSSR count). The molecule has 6 aliphatic heterocycles. The summed E-state index contributed by atoms with van der Waals surface area (Å²) in [6.07, 6.45) is 23.8. The second kappa shape index (κ2) is 43.6. The molecule has 0 spiro atoms. The highest BCUT2D eigenvalue weighted by atomic mass is 35.5. The number of amides is 8. The number of likely N-dealkylation sites (tertiary alicyclic amines) is 2. The van der Waals surface area contributed by atoms with E-state index in [1.807, 2.05) is 0 Å². The van der Waals surface area contributed by atoms with Gasteiger partial charge >= 0.3 is 0 Å². The zero-order chi connectivity index (χ0) is 93.3. The number of nitrogens with zero attached hydrogens (tertiary/aromatic N) is 8. The number of pyridine rings is 4. The molecule has 133 heavy (non-hydrogen) atoms. The van der Waals surface area contributed by atoms with Gasteiger partial charge in [-0.25, -0.2) is 0 Å². The summed E-state index contributed by atoms with van der Waals surface area (Å²) in [4.78, 5) is 126. The molecule has 8 N–H and O–H groups in total. The first-order valence-corrected chi connectivity index (χ1v) is 45.5. The van der Waals surface area contributed by atoms with E-state index in [-0.39, 0.29) is 53.3 Å². The molecule has 32 heteroatoms. The van der Waals surface area contributed by atoms with E-state index < -0.39 is 0 Å². The Hall–Kier alpha value is -13.7. The number of hydrogen-bond donors (Lipinski definition) is 8. The van der Waals surface area contributed by atoms with Gasteiger partial charge in [0.15, 0.2) is 0 Å². The number of halogens is 4. The molecule has 0 saturated carbocycles. The molecule has 2 unspecified atom stereocenters. The number of anilines is 4. The number of nitrogens with one attached hydrogen (secondary N) is 8. The van der Waals surface area contributed by atoms with Gasteiger partial charge in [0.25, 0.3) is 47.3 Å². The van der Waals surface area contributed by atoms with Crippen molar-refractivity contribution in [3.05, 3.63) is 283 Å². The molecular weight excluding hydrogens is 1770 g/mol. The van der Waals surface area contributed by atoms with Crippen LogP contribution in [0.5, 0.6) is 0 Å². The van der Waals surface area contributed by atoms with Gasteiger partial charge in [0, 0.05) is 188 Å². The highest BCUT2D eigenvalue weighted by Crippen LogP contribution is 2.41. The number of piperidine rings is 1. The molecule has 6 aliphatic rings. The highest BCUT2D eigenvalue weighted by Gasteiger charge is 2.31. The number of hydrogen-bond acceptors (Lipinski definition) is 20. The van der Waals surface area contributed by atoms with Crippen LogP contribution in [-0.4, -0.2) is 191 Å². The van der Waals surface area contributed by atoms with Crippen molar-refractivity contribution >= 4 is 163 Å². The number of carbonyl (C=O) groups is 8. The Morgan fingerprint density at radius 1 is 0.406 bits per heavy atom. The standard InChI is InChI=1S/C26H25ClN4O3.C25H23ClN4O3.2C25H25ClN4O3/c1-2-31-9-3-4-19(31)15-29-25(32)17-10-16(13-28-14-17)24-8-6-20(34-24)12-22-21-11-18(27)5-7-23(21)30-26(22)33;1-30-8-2-3-18(14-30)28-24(31)16-9-15(12-27-13-16)23-7-5-19(33-23)11-21-20-10-17(26)4-6-22(20)29-25(21)32;2*1-3-30(4-2)10-9-28-24(31)17-11-16(14-27-15-17)23-8-6-19(33-23)13-21-20-12-18(26)5-7-22(20)29-25(21)32/h5-8,10-14,19H,2-4,9,15H2,1H3,(H,29,32)(H,30,33);4-7,9-13,18H,2-3,8,14H2,1H3,(H,28,31)(H,29,32);2*5-8,11-15H,3-4,9-10H2,1-2H3,(H,28,31)(H,29,32)/b22-12+;21-11+;2*21-13+. The maximum Gasteiger partial charge on any atom is 0.256 e. The van der Waals surface area contributed by atoms with Gasteiger partial charge < -0.3 is 74.9 Å². The van der Waals surface area contributed by atoms with Crippen molar-refractivity contribution in [3.8, 4) is 45.3 Å². The molecule has 682 valence electrons. The number of likely N-dealkylation sites (N-methyl/N-ethyl adjacent to an activating group) is 4. The molecular formula is C101H98Cl4N16O12. The van der Waals surface area contributed by atoms with Gasteiger partial charge in [0.1, 0.15) is 46.1 Å². The second-order valence-electron chi connectivity index (χ2n) is 32.2. The van der Waals surface area contributed by atoms with Gasteiger partial charge in [-0.05, 0) is 248 Å². The fourth-order valence-corrected chi connectivity index (χ4v) is 17.0. The Balaban J connectivity index is 0.000000135. The summed E-state index contributed by atoms with van der Waals surface area (Å²) in [7, 11) is 2.06. The number of fused-ring (bicyclic) bond motifs is 4. The SMILES string of the molecule is CCN(CC)CCNC(=O)c1cncc(-c2ccc(/C=C3/C(=O)Nc4ccc(Cl)cc43)o2)c1.CCN(CC)CCNC(=O)c1cncc(-c2ccc(/C=C3/C(=O)Nc4ccc(Cl)cc43)o2)c1.CCN1CCCC1CNC(=O)c1cncc(-c2ccc(/C=C3/C(=O)Nc4ccc(Cl)cc43)o2)c1.CN1CCCC(NC(=O)c2cncc(-c3ccc(/C=C4/C(=O)Nc5ccc(Cl)cc54)o3)c2)C1. The van der Waals surface area contributed by atoms with E-state index in [0.29, 0.717) is 170 Å². The van der Waals surface area contributed by atoms with Crippen molar-refractivity contribution in [2.45, 2.75) is 72.4 Å². The lowest BCUT2D eigenvalue weighted by atomic mass is 10.1. The highest BCUT2D eigenvalue weighted by molar-refractivity contribution is 6.40. The van der Waals surface area contributed by atoms with Crippen LogP contribution >= 0.6 is 46.4 Å². The van der Waals surface area contributed by atoms with Crippen molar-refractivity contribution in [2.24, 2.45) is 0 Å². The fourth-order valence-electron chi connectivity index (χ4n) is 16.3. The minimum Gasteiger partial charge on any atom is -0.457 e. The van der Waals surface area contributed by atoms with Gasteiger partial charge in [-0.15, -0.1) is 0 Å². The molecule has 2 atom stereocenters. The summed E-state index contributed by atoms with van der Waals surface area (Å²) in [5, 5.41) is 25.5. The van der Waals surface area contributed by atoms with E-state index >= 15 is 0 Å². The average molecular weight is 1870 g/mol. The fraction of sp³-hybridized carbons (Fsp3) is 0.248. The molecule has 28 nitrogen and oxygen atoms in total. The summed E-state index contributed by atoms with van der Waals surface area (Å²) >= 11 is 24.4. The van der Waals surface area contributed by atoms with Crippen LogP contribution in [0, 0.1) is 0 Å². The minimum absolute atomic E-state index is 0.135. The van der Waals surface area contributed by atoms with Gasteiger partial charge in [-0.3, -0.25) is 63.2 Å². The summed E-state index contributed by atoms with van der Waals surface area (Å²) in [6.45, 7) is 21.6. The van der Waals surface area contributed by atoms with Crippen molar-refractivity contribution in [2.75, 3.05) is 113 Å². The van der Waals surface area contributed by atoms with Gasteiger partial charge in [0.05, 0.1) is 44.5 Å². The Labute approximate surface area is 788 Å². The lowest BCUT2D eigenvalue weighted by Gasteiger charge is -2.30.